The van der Waals surface area contributed by atoms with Gasteiger partial charge in [0, 0.05) is 21.6 Å². The summed E-state index contributed by atoms with van der Waals surface area (Å²) in [5.74, 6) is 0. The Morgan fingerprint density at radius 2 is 2.13 bits per heavy atom. The maximum Gasteiger partial charge on any atom is 0.0972 e. The average Bonchev–Trinajstić information content (AvgIpc) is 2.93. The van der Waals surface area contributed by atoms with Crippen LogP contribution >= 0.6 is 11.6 Å². The van der Waals surface area contributed by atoms with Crippen LogP contribution in [0, 0.1) is 11.3 Å². The molecule has 0 aliphatic heterocycles. The molecule has 0 radical (unpaired) electrons. The van der Waals surface area contributed by atoms with E-state index in [2.05, 4.69) is 11.1 Å². The van der Waals surface area contributed by atoms with Gasteiger partial charge in [-0.2, -0.15) is 5.26 Å². The van der Waals surface area contributed by atoms with Crippen molar-refractivity contribution in [2.45, 2.75) is 18.3 Å². The highest BCUT2D eigenvalue weighted by molar-refractivity contribution is 6.31. The molecule has 1 aromatic heterocycles. The lowest BCUT2D eigenvalue weighted by atomic mass is 10.1. The summed E-state index contributed by atoms with van der Waals surface area (Å²) in [7, 11) is 0. The molecule has 2 nitrogen and oxygen atoms in total. The molecule has 0 amide bonds. The molecule has 1 aliphatic rings. The Morgan fingerprint density at radius 1 is 1.33 bits per heavy atom. The largest absolute Gasteiger partial charge is 0.357 e. The van der Waals surface area contributed by atoms with Crippen molar-refractivity contribution in [2.75, 3.05) is 0 Å². The number of hydrogen-bond acceptors (Lipinski definition) is 1. The molecule has 1 N–H and O–H groups in total. The van der Waals surface area contributed by atoms with Crippen molar-refractivity contribution in [3.05, 3.63) is 35.0 Å². The molecule has 0 atom stereocenters. The van der Waals surface area contributed by atoms with Gasteiger partial charge in [-0.1, -0.05) is 11.6 Å². The van der Waals surface area contributed by atoms with Crippen molar-refractivity contribution in [3.8, 4) is 6.07 Å². The van der Waals surface area contributed by atoms with Gasteiger partial charge in [0.2, 0.25) is 0 Å². The molecule has 1 heterocycles. The summed E-state index contributed by atoms with van der Waals surface area (Å²) in [6.07, 6.45) is 1.92. The van der Waals surface area contributed by atoms with Gasteiger partial charge in [0.25, 0.3) is 0 Å². The van der Waals surface area contributed by atoms with E-state index in [1.807, 2.05) is 24.3 Å². The van der Waals surface area contributed by atoms with Crippen LogP contribution < -0.4 is 0 Å². The van der Waals surface area contributed by atoms with Crippen molar-refractivity contribution in [1.29, 1.82) is 5.26 Å². The van der Waals surface area contributed by atoms with Gasteiger partial charge in [0.05, 0.1) is 11.5 Å². The minimum atomic E-state index is -0.245. The lowest BCUT2D eigenvalue weighted by molar-refractivity contribution is 0.872. The van der Waals surface area contributed by atoms with Crippen molar-refractivity contribution in [1.82, 2.24) is 4.98 Å². The predicted molar refractivity (Wildman–Crippen MR) is 59.8 cm³/mol. The number of benzene rings is 1. The summed E-state index contributed by atoms with van der Waals surface area (Å²) >= 11 is 5.91. The van der Waals surface area contributed by atoms with Gasteiger partial charge in [-0.25, -0.2) is 0 Å². The van der Waals surface area contributed by atoms with Crippen molar-refractivity contribution < 1.29 is 0 Å². The second-order valence-corrected chi connectivity index (χ2v) is 4.54. The lowest BCUT2D eigenvalue weighted by Gasteiger charge is -1.99. The first-order valence-electron chi connectivity index (χ1n) is 4.94. The lowest BCUT2D eigenvalue weighted by Crippen LogP contribution is -2.01. The van der Waals surface area contributed by atoms with Gasteiger partial charge in [0.1, 0.15) is 0 Å². The summed E-state index contributed by atoms with van der Waals surface area (Å²) in [6, 6.07) is 10.2. The Hall–Kier alpha value is -1.46. The molecular weight excluding hydrogens is 208 g/mol. The third kappa shape index (κ3) is 1.24. The first kappa shape index (κ1) is 8.82. The third-order valence-corrected chi connectivity index (χ3v) is 3.30. The molecule has 2 aromatic rings. The quantitative estimate of drug-likeness (QED) is 0.780. The minimum Gasteiger partial charge on any atom is -0.357 e. The van der Waals surface area contributed by atoms with Gasteiger partial charge >= 0.3 is 0 Å². The standard InChI is InChI=1S/C12H9ClN2/c13-9-1-2-10-8(5-9)6-11(15-10)12(7-14)3-4-12/h1-2,5-6,15H,3-4H2. The summed E-state index contributed by atoms with van der Waals surface area (Å²) in [5, 5.41) is 10.9. The van der Waals surface area contributed by atoms with Crippen LogP contribution in [-0.2, 0) is 5.41 Å². The fraction of sp³-hybridized carbons (Fsp3) is 0.250. The van der Waals surface area contributed by atoms with Crippen LogP contribution in [0.3, 0.4) is 0 Å². The van der Waals surface area contributed by atoms with E-state index in [1.54, 1.807) is 0 Å². The summed E-state index contributed by atoms with van der Waals surface area (Å²) in [6.45, 7) is 0. The molecule has 1 fully saturated rings. The van der Waals surface area contributed by atoms with E-state index in [-0.39, 0.29) is 5.41 Å². The van der Waals surface area contributed by atoms with Gasteiger partial charge in [0.15, 0.2) is 0 Å². The number of nitrogens with one attached hydrogen (secondary N) is 1. The van der Waals surface area contributed by atoms with Crippen LogP contribution in [0.1, 0.15) is 18.5 Å². The van der Waals surface area contributed by atoms with Crippen LogP contribution in [0.2, 0.25) is 5.02 Å². The number of hydrogen-bond donors (Lipinski definition) is 1. The van der Waals surface area contributed by atoms with Gasteiger partial charge in [-0.15, -0.1) is 0 Å². The molecule has 0 saturated heterocycles. The molecule has 15 heavy (non-hydrogen) atoms. The van der Waals surface area contributed by atoms with Crippen LogP contribution in [0.25, 0.3) is 10.9 Å². The first-order valence-corrected chi connectivity index (χ1v) is 5.31. The molecule has 0 spiro atoms. The first-order chi connectivity index (χ1) is 7.23. The number of nitriles is 1. The van der Waals surface area contributed by atoms with E-state index in [0.717, 1.165) is 34.5 Å². The van der Waals surface area contributed by atoms with E-state index < -0.39 is 0 Å². The number of aromatic nitrogens is 1. The second-order valence-electron chi connectivity index (χ2n) is 4.11. The minimum absolute atomic E-state index is 0.245. The maximum atomic E-state index is 9.09. The second kappa shape index (κ2) is 2.77. The Morgan fingerprint density at radius 3 is 2.80 bits per heavy atom. The van der Waals surface area contributed by atoms with Crippen molar-refractivity contribution in [2.24, 2.45) is 0 Å². The molecule has 0 unspecified atom stereocenters. The van der Waals surface area contributed by atoms with Gasteiger partial charge in [-0.05, 0) is 37.1 Å². The summed E-state index contributed by atoms with van der Waals surface area (Å²) < 4.78 is 0. The highest BCUT2D eigenvalue weighted by Crippen LogP contribution is 2.47. The molecule has 3 heteroatoms. The number of fused-ring (bicyclic) bond motifs is 1. The predicted octanol–water partition coefficient (Wildman–Crippen LogP) is 3.38. The molecule has 1 aliphatic carbocycles. The molecule has 1 saturated carbocycles. The average molecular weight is 217 g/mol. The Kier molecular flexibility index (Phi) is 1.63. The summed E-state index contributed by atoms with van der Waals surface area (Å²) in [4.78, 5) is 3.30. The molecule has 1 aromatic carbocycles. The van der Waals surface area contributed by atoms with Gasteiger partial charge in [-0.3, -0.25) is 0 Å². The zero-order valence-electron chi connectivity index (χ0n) is 8.05. The Bertz CT molecular complexity index is 573. The number of rotatable bonds is 1. The van der Waals surface area contributed by atoms with Crippen LogP contribution in [0.15, 0.2) is 24.3 Å². The van der Waals surface area contributed by atoms with Crippen molar-refractivity contribution >= 4 is 22.5 Å². The number of nitrogens with zero attached hydrogens (tertiary/aromatic N) is 1. The topological polar surface area (TPSA) is 39.6 Å². The molecule has 3 rings (SSSR count). The molecular formula is C12H9ClN2. The smallest absolute Gasteiger partial charge is 0.0972 e. The Balaban J connectivity index is 2.19. The number of aromatic amines is 1. The molecule has 0 bridgehead atoms. The zero-order valence-corrected chi connectivity index (χ0v) is 8.80. The normalized spacial score (nSPS) is 17.6. The zero-order chi connectivity index (χ0) is 10.5. The summed E-state index contributed by atoms with van der Waals surface area (Å²) in [5.41, 5.74) is 1.84. The van der Waals surface area contributed by atoms with Crippen LogP contribution in [-0.4, -0.2) is 4.98 Å². The maximum absolute atomic E-state index is 9.09. The van der Waals surface area contributed by atoms with E-state index in [9.17, 15) is 0 Å². The van der Waals surface area contributed by atoms with Gasteiger partial charge < -0.3 is 4.98 Å². The fourth-order valence-corrected chi connectivity index (χ4v) is 2.11. The number of halogens is 1. The number of H-pyrrole nitrogens is 1. The van der Waals surface area contributed by atoms with E-state index in [1.165, 1.54) is 0 Å². The SMILES string of the molecule is N#CC1(c2cc3cc(Cl)ccc3[nH]2)CC1. The highest BCUT2D eigenvalue weighted by Gasteiger charge is 2.46. The van der Waals surface area contributed by atoms with E-state index in [0.29, 0.717) is 0 Å². The van der Waals surface area contributed by atoms with Crippen LogP contribution in [0.5, 0.6) is 0 Å². The fourth-order valence-electron chi connectivity index (χ4n) is 1.93. The van der Waals surface area contributed by atoms with E-state index >= 15 is 0 Å². The molecule has 74 valence electrons. The Labute approximate surface area is 92.5 Å². The monoisotopic (exact) mass is 216 g/mol. The van der Waals surface area contributed by atoms with E-state index in [4.69, 9.17) is 16.9 Å². The highest BCUT2D eigenvalue weighted by atomic mass is 35.5. The third-order valence-electron chi connectivity index (χ3n) is 3.06. The van der Waals surface area contributed by atoms with Crippen molar-refractivity contribution in [3.63, 3.8) is 0 Å². The van der Waals surface area contributed by atoms with Crippen LogP contribution in [0.4, 0.5) is 0 Å².